The predicted molar refractivity (Wildman–Crippen MR) is 85.2 cm³/mol. The fourth-order valence-electron chi connectivity index (χ4n) is 2.00. The number of fused-ring (bicyclic) bond motifs is 1. The fourth-order valence-corrected chi connectivity index (χ4v) is 3.36. The van der Waals surface area contributed by atoms with E-state index in [1.807, 2.05) is 54.6 Å². The molecule has 3 aromatic rings. The molecule has 0 spiro atoms. The molecule has 0 radical (unpaired) electrons. The Hall–Kier alpha value is -2.14. The van der Waals surface area contributed by atoms with Crippen LogP contribution in [-0.2, 0) is 30.9 Å². The van der Waals surface area contributed by atoms with Gasteiger partial charge in [0.25, 0.3) is 5.97 Å². The van der Waals surface area contributed by atoms with Crippen LogP contribution in [0.4, 0.5) is 11.4 Å². The number of rotatable bonds is 2. The molecule has 2 N–H and O–H groups in total. The first kappa shape index (κ1) is 17.2. The van der Waals surface area contributed by atoms with Crippen LogP contribution in [0.3, 0.4) is 0 Å². The molecule has 1 aromatic heterocycles. The molecule has 0 fully saturated rings. The van der Waals surface area contributed by atoms with Crippen molar-refractivity contribution in [2.75, 3.05) is 5.32 Å². The number of aliphatic carboxylic acids is 1. The second-order valence-corrected chi connectivity index (χ2v) is 7.50. The standard InChI is InChI=1S/C15H10NO2.C2H4O2.Hg/c17-15-10-13(16-11-6-2-1-3-7-11)12-8-4-5-9-14(12)18-15;1-2(3)4;/h1-9,16H;1H3,(H,3,4);. The van der Waals surface area contributed by atoms with Gasteiger partial charge in [0, 0.05) is 6.92 Å². The molecule has 0 aliphatic carbocycles. The van der Waals surface area contributed by atoms with E-state index in [-0.39, 0.29) is 31.7 Å². The van der Waals surface area contributed by atoms with Gasteiger partial charge in [-0.25, -0.2) is 0 Å². The van der Waals surface area contributed by atoms with Gasteiger partial charge in [-0.3, -0.25) is 4.79 Å². The van der Waals surface area contributed by atoms with E-state index in [4.69, 9.17) is 14.3 Å². The summed E-state index contributed by atoms with van der Waals surface area (Å²) in [4.78, 5) is 20.9. The maximum atomic E-state index is 11.9. The van der Waals surface area contributed by atoms with Crippen molar-refractivity contribution in [2.24, 2.45) is 0 Å². The molecule has 0 aliphatic rings. The van der Waals surface area contributed by atoms with Crippen molar-refractivity contribution in [3.63, 3.8) is 0 Å². The zero-order valence-corrected chi connectivity index (χ0v) is 18.1. The Morgan fingerprint density at radius 1 is 1.09 bits per heavy atom. The van der Waals surface area contributed by atoms with Crippen molar-refractivity contribution >= 4 is 31.4 Å². The van der Waals surface area contributed by atoms with Crippen LogP contribution in [0.25, 0.3) is 11.0 Å². The molecule has 23 heavy (non-hydrogen) atoms. The topological polar surface area (TPSA) is 79.5 Å². The first-order valence-electron chi connectivity index (χ1n) is 6.88. The van der Waals surface area contributed by atoms with Crippen molar-refractivity contribution in [1.82, 2.24) is 0 Å². The summed E-state index contributed by atoms with van der Waals surface area (Å²) in [5.41, 5.74) is 2.27. The van der Waals surface area contributed by atoms with Gasteiger partial charge in [0.15, 0.2) is 0 Å². The number of carboxylic acids is 1. The quantitative estimate of drug-likeness (QED) is 0.421. The Kier molecular flexibility index (Phi) is 5.93. The Morgan fingerprint density at radius 3 is 2.30 bits per heavy atom. The first-order valence-corrected chi connectivity index (χ1v) is 9.63. The van der Waals surface area contributed by atoms with Crippen LogP contribution in [0, 0.1) is 0 Å². The molecule has 113 valence electrons. The number of anilines is 2. The fraction of sp³-hybridized carbons (Fsp3) is 0.0588. The minimum absolute atomic E-state index is 0.188. The van der Waals surface area contributed by atoms with Crippen LogP contribution in [0.5, 0.6) is 0 Å². The van der Waals surface area contributed by atoms with Crippen LogP contribution in [-0.4, -0.2) is 11.1 Å². The third-order valence-corrected chi connectivity index (χ3v) is 5.45. The Balaban J connectivity index is 0.000000433. The Morgan fingerprint density at radius 2 is 1.65 bits per heavy atom. The van der Waals surface area contributed by atoms with Crippen LogP contribution < -0.4 is 14.0 Å². The molecule has 0 saturated carbocycles. The van der Waals surface area contributed by atoms with Crippen molar-refractivity contribution < 1.29 is 40.4 Å². The molecule has 0 bridgehead atoms. The normalized spacial score (nSPS) is 9.87. The zero-order valence-electron chi connectivity index (χ0n) is 12.6. The monoisotopic (exact) mass is 498 g/mol. The molecule has 0 amide bonds. The molecule has 1 heterocycles. The SMILES string of the molecule is CC(=O)O.O=c1oc2ccccc2c(Nc2ccccc2)[c]1[Hg]. The summed E-state index contributed by atoms with van der Waals surface area (Å²) in [7, 11) is 0. The van der Waals surface area contributed by atoms with Crippen LogP contribution in [0.2, 0.25) is 0 Å². The number of nitrogens with one attached hydrogen (secondary N) is 1. The summed E-state index contributed by atoms with van der Waals surface area (Å²) in [6.45, 7) is 1.08. The molecule has 2 aromatic carbocycles. The van der Waals surface area contributed by atoms with Crippen molar-refractivity contribution in [2.45, 2.75) is 6.92 Å². The summed E-state index contributed by atoms with van der Waals surface area (Å²) in [6.07, 6.45) is 0. The van der Waals surface area contributed by atoms with Gasteiger partial charge < -0.3 is 5.11 Å². The third kappa shape index (κ3) is 4.66. The second-order valence-electron chi connectivity index (χ2n) is 4.75. The van der Waals surface area contributed by atoms with Gasteiger partial charge in [-0.1, -0.05) is 0 Å². The summed E-state index contributed by atoms with van der Waals surface area (Å²) in [5, 5.41) is 11.7. The molecule has 6 heteroatoms. The van der Waals surface area contributed by atoms with E-state index in [9.17, 15) is 4.79 Å². The van der Waals surface area contributed by atoms with Gasteiger partial charge in [-0.05, 0) is 0 Å². The Bertz CT molecular complexity index is 871. The second kappa shape index (κ2) is 7.92. The summed E-state index contributed by atoms with van der Waals surface area (Å²) >= 11 is 0.188. The number of benzene rings is 2. The average molecular weight is 497 g/mol. The van der Waals surface area contributed by atoms with E-state index in [0.29, 0.717) is 5.58 Å². The molecular formula is C17H14HgNO4. The van der Waals surface area contributed by atoms with Gasteiger partial charge in [-0.15, -0.1) is 0 Å². The van der Waals surface area contributed by atoms with E-state index in [0.717, 1.165) is 26.8 Å². The first-order chi connectivity index (χ1) is 11.0. The molecule has 0 atom stereocenters. The van der Waals surface area contributed by atoms with E-state index < -0.39 is 5.97 Å². The number of para-hydroxylation sites is 2. The summed E-state index contributed by atoms with van der Waals surface area (Å²) < 4.78 is 6.10. The molecule has 0 aliphatic heterocycles. The summed E-state index contributed by atoms with van der Waals surface area (Å²) in [6, 6.07) is 17.5. The minimum atomic E-state index is -0.833. The number of hydrogen-bond donors (Lipinski definition) is 2. The zero-order chi connectivity index (χ0) is 16.8. The van der Waals surface area contributed by atoms with Gasteiger partial charge in [-0.2, -0.15) is 0 Å². The van der Waals surface area contributed by atoms with Gasteiger partial charge >= 0.3 is 126 Å². The average Bonchev–Trinajstić information content (AvgIpc) is 2.52. The van der Waals surface area contributed by atoms with E-state index >= 15 is 0 Å². The van der Waals surface area contributed by atoms with Crippen molar-refractivity contribution in [3.8, 4) is 0 Å². The van der Waals surface area contributed by atoms with Crippen LogP contribution in [0.1, 0.15) is 6.92 Å². The van der Waals surface area contributed by atoms with E-state index in [2.05, 4.69) is 5.32 Å². The van der Waals surface area contributed by atoms with Gasteiger partial charge in [0.05, 0.1) is 0 Å². The van der Waals surface area contributed by atoms with E-state index in [1.54, 1.807) is 0 Å². The van der Waals surface area contributed by atoms with Gasteiger partial charge in [0.1, 0.15) is 0 Å². The maximum absolute atomic E-state index is 11.9. The summed E-state index contributed by atoms with van der Waals surface area (Å²) in [5.74, 6) is -0.833. The van der Waals surface area contributed by atoms with Gasteiger partial charge in [0.2, 0.25) is 0 Å². The third-order valence-electron chi connectivity index (χ3n) is 2.95. The van der Waals surface area contributed by atoms with Crippen LogP contribution >= 0.6 is 0 Å². The predicted octanol–water partition coefficient (Wildman–Crippen LogP) is 2.80. The molecular weight excluding hydrogens is 483 g/mol. The molecule has 5 nitrogen and oxygen atoms in total. The van der Waals surface area contributed by atoms with Crippen molar-refractivity contribution in [1.29, 1.82) is 0 Å². The van der Waals surface area contributed by atoms with Crippen molar-refractivity contribution in [3.05, 3.63) is 65.0 Å². The molecule has 0 unspecified atom stereocenters. The van der Waals surface area contributed by atoms with E-state index in [1.165, 1.54) is 0 Å². The van der Waals surface area contributed by atoms with Crippen LogP contribution in [0.15, 0.2) is 63.8 Å². The molecule has 0 saturated heterocycles. The number of carboxylic acid groups (broad SMARTS) is 1. The Labute approximate surface area is 148 Å². The number of carbonyl (C=O) groups is 1. The molecule has 3 rings (SSSR count). The number of hydrogen-bond acceptors (Lipinski definition) is 4.